The Morgan fingerprint density at radius 1 is 1.21 bits per heavy atom. The fraction of sp³-hybridized carbons (Fsp3) is 0.385. The van der Waals surface area contributed by atoms with Crippen LogP contribution in [0.15, 0.2) is 42.7 Å². The molecule has 1 fully saturated rings. The highest BCUT2D eigenvalue weighted by atomic mass is 19.3. The van der Waals surface area contributed by atoms with Gasteiger partial charge >= 0.3 is 0 Å². The number of likely N-dealkylation sites (tertiary alicyclic amines) is 1. The second-order valence-corrected chi connectivity index (χ2v) is 9.17. The number of hydrogen-bond acceptors (Lipinski definition) is 3. The van der Waals surface area contributed by atoms with E-state index in [1.165, 1.54) is 5.56 Å². The van der Waals surface area contributed by atoms with E-state index in [0.29, 0.717) is 18.0 Å². The fourth-order valence-corrected chi connectivity index (χ4v) is 5.11. The number of H-pyrrole nitrogens is 1. The number of aryl methyl sites for hydroxylation is 1. The lowest BCUT2D eigenvalue weighted by Crippen LogP contribution is -2.40. The summed E-state index contributed by atoms with van der Waals surface area (Å²) in [4.78, 5) is 21.7. The third kappa shape index (κ3) is 4.42. The van der Waals surface area contributed by atoms with E-state index in [0.717, 1.165) is 59.4 Å². The molecule has 1 saturated heterocycles. The smallest absolute Gasteiger partial charge is 0.242 e. The predicted molar refractivity (Wildman–Crippen MR) is 129 cm³/mol. The van der Waals surface area contributed by atoms with Crippen LogP contribution in [-0.4, -0.2) is 58.3 Å². The van der Waals surface area contributed by atoms with Gasteiger partial charge in [-0.15, -0.1) is 0 Å². The molecule has 178 valence electrons. The molecule has 4 aromatic rings. The van der Waals surface area contributed by atoms with Crippen molar-refractivity contribution < 1.29 is 13.6 Å². The van der Waals surface area contributed by atoms with Crippen molar-refractivity contribution in [2.24, 2.45) is 0 Å². The van der Waals surface area contributed by atoms with Crippen LogP contribution in [-0.2, 0) is 11.2 Å². The van der Waals surface area contributed by atoms with Crippen LogP contribution < -0.4 is 5.32 Å². The lowest BCUT2D eigenvalue weighted by Gasteiger charge is -2.31. The number of halogens is 2. The molecule has 1 amide bonds. The van der Waals surface area contributed by atoms with Gasteiger partial charge < -0.3 is 14.7 Å². The Balaban J connectivity index is 1.47. The molecular weight excluding hydrogens is 436 g/mol. The van der Waals surface area contributed by atoms with Crippen LogP contribution in [0, 0.1) is 6.92 Å². The predicted octanol–water partition coefficient (Wildman–Crippen LogP) is 4.52. The van der Waals surface area contributed by atoms with Crippen molar-refractivity contribution in [1.82, 2.24) is 24.6 Å². The van der Waals surface area contributed by atoms with Crippen LogP contribution in [0.3, 0.4) is 0 Å². The molecule has 0 unspecified atom stereocenters. The normalized spacial score (nSPS) is 15.6. The molecule has 1 aliphatic rings. The molecule has 0 spiro atoms. The van der Waals surface area contributed by atoms with E-state index in [-0.39, 0.29) is 12.3 Å². The van der Waals surface area contributed by atoms with Crippen LogP contribution in [0.5, 0.6) is 0 Å². The number of alkyl halides is 2. The van der Waals surface area contributed by atoms with Crippen LogP contribution in [0.25, 0.3) is 27.8 Å². The molecule has 0 radical (unpaired) electrons. The highest BCUT2D eigenvalue weighted by Crippen LogP contribution is 2.36. The fourth-order valence-electron chi connectivity index (χ4n) is 5.11. The molecule has 1 aromatic carbocycles. The Kier molecular flexibility index (Phi) is 6.08. The van der Waals surface area contributed by atoms with Gasteiger partial charge in [-0.05, 0) is 74.2 Å². The number of amides is 1. The maximum absolute atomic E-state index is 13.6. The van der Waals surface area contributed by atoms with Gasteiger partial charge in [-0.3, -0.25) is 9.69 Å². The Hall–Kier alpha value is -3.26. The van der Waals surface area contributed by atoms with Gasteiger partial charge in [0.1, 0.15) is 5.65 Å². The third-order valence-electron chi connectivity index (χ3n) is 6.85. The van der Waals surface area contributed by atoms with Crippen LogP contribution in [0.4, 0.5) is 8.78 Å². The van der Waals surface area contributed by atoms with Crippen molar-refractivity contribution in [3.8, 4) is 11.3 Å². The van der Waals surface area contributed by atoms with E-state index >= 15 is 0 Å². The summed E-state index contributed by atoms with van der Waals surface area (Å²) in [6.07, 6.45) is 3.03. The molecule has 0 aliphatic carbocycles. The van der Waals surface area contributed by atoms with E-state index in [1.54, 1.807) is 7.05 Å². The van der Waals surface area contributed by atoms with Crippen LogP contribution in [0.2, 0.25) is 0 Å². The molecule has 34 heavy (non-hydrogen) atoms. The summed E-state index contributed by atoms with van der Waals surface area (Å²) >= 11 is 0. The maximum Gasteiger partial charge on any atom is 0.242 e. The van der Waals surface area contributed by atoms with Gasteiger partial charge in [0, 0.05) is 42.3 Å². The first-order valence-electron chi connectivity index (χ1n) is 11.7. The zero-order valence-electron chi connectivity index (χ0n) is 19.4. The number of benzene rings is 1. The first-order valence-corrected chi connectivity index (χ1v) is 11.7. The number of aromatic nitrogens is 3. The van der Waals surface area contributed by atoms with E-state index < -0.39 is 6.43 Å². The van der Waals surface area contributed by atoms with Crippen molar-refractivity contribution in [1.29, 1.82) is 0 Å². The number of aromatic amines is 1. The third-order valence-corrected chi connectivity index (χ3v) is 6.85. The summed E-state index contributed by atoms with van der Waals surface area (Å²) in [5.74, 6) is 0.383. The Morgan fingerprint density at radius 2 is 2.00 bits per heavy atom. The van der Waals surface area contributed by atoms with E-state index in [4.69, 9.17) is 0 Å². The molecule has 4 heterocycles. The van der Waals surface area contributed by atoms with Gasteiger partial charge in [0.15, 0.2) is 0 Å². The molecule has 6 nitrogen and oxygen atoms in total. The molecule has 8 heteroatoms. The summed E-state index contributed by atoms with van der Waals surface area (Å²) in [6.45, 7) is 4.05. The van der Waals surface area contributed by atoms with Gasteiger partial charge in [0.05, 0.1) is 17.9 Å². The SMILES string of the molecule is CNC(=O)CN1CCC(c2ccc3[nH]c(-c4ccc5nc(C)cn5c4)c(CC(F)F)c3c2)CC1. The summed E-state index contributed by atoms with van der Waals surface area (Å²) < 4.78 is 29.2. The second-order valence-electron chi connectivity index (χ2n) is 9.17. The lowest BCUT2D eigenvalue weighted by atomic mass is 9.88. The van der Waals surface area contributed by atoms with Crippen molar-refractivity contribution in [3.05, 3.63) is 59.5 Å². The van der Waals surface area contributed by atoms with Crippen LogP contribution in [0.1, 0.15) is 35.6 Å². The summed E-state index contributed by atoms with van der Waals surface area (Å²) in [7, 11) is 1.65. The van der Waals surface area contributed by atoms with Gasteiger partial charge in [0.2, 0.25) is 12.3 Å². The quantitative estimate of drug-likeness (QED) is 0.440. The first kappa shape index (κ1) is 22.5. The standard InChI is InChI=1S/C26H29F2N5O/c1-16-13-33-14-19(4-6-24(33)30-16)26-21(12-23(27)28)20-11-18(3-5-22(20)31-26)17-7-9-32(10-8-17)15-25(34)29-2/h3-6,11,13-14,17,23,31H,7-10,12,15H2,1-2H3,(H,29,34). The average molecular weight is 466 g/mol. The number of fused-ring (bicyclic) bond motifs is 2. The number of carbonyl (C=O) groups is 1. The number of likely N-dealkylation sites (N-methyl/N-ethyl adjacent to an activating group) is 1. The molecule has 3 aromatic heterocycles. The van der Waals surface area contributed by atoms with Crippen molar-refractivity contribution in [3.63, 3.8) is 0 Å². The second kappa shape index (κ2) is 9.18. The number of hydrogen-bond donors (Lipinski definition) is 2. The molecular formula is C26H29F2N5O. The highest BCUT2D eigenvalue weighted by molar-refractivity contribution is 5.91. The van der Waals surface area contributed by atoms with Gasteiger partial charge in [0.25, 0.3) is 0 Å². The number of carbonyl (C=O) groups excluding carboxylic acids is 1. The number of nitrogens with one attached hydrogen (secondary N) is 2. The molecule has 2 N–H and O–H groups in total. The number of imidazole rings is 1. The van der Waals surface area contributed by atoms with Crippen molar-refractivity contribution in [2.45, 2.75) is 38.5 Å². The summed E-state index contributed by atoms with van der Waals surface area (Å²) in [6, 6.07) is 10.1. The number of piperidine rings is 1. The molecule has 0 bridgehead atoms. The summed E-state index contributed by atoms with van der Waals surface area (Å²) in [5.41, 5.74) is 6.04. The summed E-state index contributed by atoms with van der Waals surface area (Å²) in [5, 5.41) is 3.54. The van der Waals surface area contributed by atoms with E-state index in [9.17, 15) is 13.6 Å². The lowest BCUT2D eigenvalue weighted by molar-refractivity contribution is -0.122. The Bertz CT molecular complexity index is 1330. The van der Waals surface area contributed by atoms with Gasteiger partial charge in [-0.1, -0.05) is 6.07 Å². The van der Waals surface area contributed by atoms with E-state index in [2.05, 4.69) is 32.3 Å². The zero-order valence-corrected chi connectivity index (χ0v) is 19.4. The zero-order chi connectivity index (χ0) is 23.8. The minimum Gasteiger partial charge on any atom is -0.358 e. The van der Waals surface area contributed by atoms with Gasteiger partial charge in [-0.25, -0.2) is 13.8 Å². The Labute approximate surface area is 197 Å². The Morgan fingerprint density at radius 3 is 2.74 bits per heavy atom. The maximum atomic E-state index is 13.6. The largest absolute Gasteiger partial charge is 0.358 e. The molecule has 0 saturated carbocycles. The highest BCUT2D eigenvalue weighted by Gasteiger charge is 2.24. The topological polar surface area (TPSA) is 65.4 Å². The van der Waals surface area contributed by atoms with Crippen LogP contribution >= 0.6 is 0 Å². The minimum absolute atomic E-state index is 0.0282. The van der Waals surface area contributed by atoms with Crippen molar-refractivity contribution >= 4 is 22.5 Å². The molecule has 0 atom stereocenters. The number of pyridine rings is 1. The average Bonchev–Trinajstić information content (AvgIpc) is 3.37. The minimum atomic E-state index is -2.44. The number of nitrogens with zero attached hydrogens (tertiary/aromatic N) is 3. The van der Waals surface area contributed by atoms with Gasteiger partial charge in [-0.2, -0.15) is 0 Å². The first-order chi connectivity index (χ1) is 16.4. The van der Waals surface area contributed by atoms with Crippen molar-refractivity contribution in [2.75, 3.05) is 26.7 Å². The molecule has 5 rings (SSSR count). The van der Waals surface area contributed by atoms with E-state index in [1.807, 2.05) is 41.9 Å². The number of rotatable bonds is 6. The molecule has 1 aliphatic heterocycles. The monoisotopic (exact) mass is 465 g/mol.